The Morgan fingerprint density at radius 1 is 1.24 bits per heavy atom. The van der Waals surface area contributed by atoms with E-state index in [4.69, 9.17) is 32.5 Å². The van der Waals surface area contributed by atoms with E-state index < -0.39 is 0 Å². The third-order valence-electron chi connectivity index (χ3n) is 6.64. The maximum Gasteiger partial charge on any atom is 0.145 e. The van der Waals surface area contributed by atoms with Crippen molar-refractivity contribution in [1.29, 1.82) is 0 Å². The van der Waals surface area contributed by atoms with Gasteiger partial charge in [-0.15, -0.1) is 0 Å². The van der Waals surface area contributed by atoms with Crippen LogP contribution in [0.15, 0.2) is 88.7 Å². The molecule has 38 heavy (non-hydrogen) atoms. The standard InChI is InChI=1S/C31H37Cl2N3O2/c1-7-17-34-28(21(5)8-2)19-23(9-3)36(6)18-16-24(10-4)37-20-25-30(35-38-31(25)22-14-15-22)29-26(32)12-11-13-27(29)33/h7-9,11-13,17,19,22,24H,1-3,10,14-16,18,20H2,4-6H3/b23-19+,28-21+,34-17-. The Bertz CT molecular complexity index is 1220. The first-order valence-corrected chi connectivity index (χ1v) is 13.7. The molecule has 0 amide bonds. The van der Waals surface area contributed by atoms with Crippen molar-refractivity contribution in [2.45, 2.75) is 58.2 Å². The van der Waals surface area contributed by atoms with Gasteiger partial charge in [0.2, 0.25) is 0 Å². The fourth-order valence-electron chi connectivity index (χ4n) is 4.08. The molecule has 7 heteroatoms. The number of hydrogen-bond acceptors (Lipinski definition) is 5. The lowest BCUT2D eigenvalue weighted by Crippen LogP contribution is -2.24. The lowest BCUT2D eigenvalue weighted by Gasteiger charge is -2.24. The van der Waals surface area contributed by atoms with Crippen molar-refractivity contribution in [3.63, 3.8) is 0 Å². The van der Waals surface area contributed by atoms with Crippen LogP contribution in [0.4, 0.5) is 0 Å². The first-order valence-electron chi connectivity index (χ1n) is 12.9. The third kappa shape index (κ3) is 7.59. The molecule has 0 N–H and O–H groups in total. The molecule has 1 fully saturated rings. The first-order chi connectivity index (χ1) is 18.3. The fourth-order valence-corrected chi connectivity index (χ4v) is 4.65. The van der Waals surface area contributed by atoms with Gasteiger partial charge in [-0.1, -0.05) is 73.2 Å². The van der Waals surface area contributed by atoms with Crippen LogP contribution in [0.2, 0.25) is 10.0 Å². The zero-order chi connectivity index (χ0) is 27.7. The second-order valence-corrected chi connectivity index (χ2v) is 10.2. The zero-order valence-corrected chi connectivity index (χ0v) is 24.1. The molecule has 1 heterocycles. The molecular formula is C31H37Cl2N3O2. The van der Waals surface area contributed by atoms with Crippen molar-refractivity contribution in [1.82, 2.24) is 10.1 Å². The highest BCUT2D eigenvalue weighted by Gasteiger charge is 2.33. The molecule has 1 atom stereocenters. The van der Waals surface area contributed by atoms with Crippen LogP contribution in [0.3, 0.4) is 0 Å². The highest BCUT2D eigenvalue weighted by molar-refractivity contribution is 6.39. The number of benzene rings is 1. The monoisotopic (exact) mass is 553 g/mol. The normalized spacial score (nSPS) is 15.3. The van der Waals surface area contributed by atoms with Gasteiger partial charge in [-0.2, -0.15) is 0 Å². The highest BCUT2D eigenvalue weighted by Crippen LogP contribution is 2.46. The van der Waals surface area contributed by atoms with Crippen molar-refractivity contribution >= 4 is 29.4 Å². The Hall–Kier alpha value is -2.86. The van der Waals surface area contributed by atoms with Crippen LogP contribution < -0.4 is 0 Å². The van der Waals surface area contributed by atoms with Crippen LogP contribution in [0, 0.1) is 0 Å². The minimum Gasteiger partial charge on any atom is -0.374 e. The molecule has 1 unspecified atom stereocenters. The predicted molar refractivity (Wildman–Crippen MR) is 160 cm³/mol. The molecule has 3 rings (SSSR count). The molecule has 0 aliphatic heterocycles. The van der Waals surface area contributed by atoms with Crippen molar-refractivity contribution in [3.05, 3.63) is 101 Å². The molecule has 202 valence electrons. The first kappa shape index (κ1) is 29.7. The molecule has 5 nitrogen and oxygen atoms in total. The lowest BCUT2D eigenvalue weighted by molar-refractivity contribution is 0.0285. The molecular weight excluding hydrogens is 517 g/mol. The van der Waals surface area contributed by atoms with Crippen LogP contribution in [0.25, 0.3) is 11.3 Å². The third-order valence-corrected chi connectivity index (χ3v) is 7.27. The lowest BCUT2D eigenvalue weighted by atomic mass is 10.0. The van der Waals surface area contributed by atoms with Gasteiger partial charge in [-0.3, -0.25) is 4.99 Å². The fraction of sp³-hybridized carbons (Fsp3) is 0.355. The summed E-state index contributed by atoms with van der Waals surface area (Å²) in [7, 11) is 2.04. The van der Waals surface area contributed by atoms with Crippen molar-refractivity contribution in [3.8, 4) is 11.3 Å². The minimum absolute atomic E-state index is 0.0451. The van der Waals surface area contributed by atoms with Crippen LogP contribution in [-0.2, 0) is 11.3 Å². The van der Waals surface area contributed by atoms with Crippen molar-refractivity contribution in [2.24, 2.45) is 4.99 Å². The van der Waals surface area contributed by atoms with E-state index in [1.165, 1.54) is 0 Å². The largest absolute Gasteiger partial charge is 0.374 e. The maximum absolute atomic E-state index is 6.50. The summed E-state index contributed by atoms with van der Waals surface area (Å²) in [5.41, 5.74) is 5.05. The Morgan fingerprint density at radius 3 is 2.53 bits per heavy atom. The van der Waals surface area contributed by atoms with Gasteiger partial charge in [0.15, 0.2) is 0 Å². The quantitative estimate of drug-likeness (QED) is 0.163. The number of allylic oxidation sites excluding steroid dienone is 5. The van der Waals surface area contributed by atoms with Crippen LogP contribution in [-0.4, -0.2) is 36.0 Å². The van der Waals surface area contributed by atoms with E-state index in [-0.39, 0.29) is 6.10 Å². The Kier molecular flexibility index (Phi) is 11.2. The summed E-state index contributed by atoms with van der Waals surface area (Å²) in [6, 6.07) is 5.45. The number of hydrogen-bond donors (Lipinski definition) is 0. The predicted octanol–water partition coefficient (Wildman–Crippen LogP) is 8.93. The number of nitrogens with zero attached hydrogens (tertiary/aromatic N) is 3. The average molecular weight is 555 g/mol. The molecule has 0 spiro atoms. The molecule has 1 aliphatic rings. The van der Waals surface area contributed by atoms with E-state index in [0.717, 1.165) is 60.5 Å². The summed E-state index contributed by atoms with van der Waals surface area (Å²) < 4.78 is 12.2. The summed E-state index contributed by atoms with van der Waals surface area (Å²) in [6.07, 6.45) is 12.9. The second kappa shape index (κ2) is 14.3. The van der Waals surface area contributed by atoms with E-state index in [9.17, 15) is 0 Å². The van der Waals surface area contributed by atoms with Crippen LogP contribution in [0.5, 0.6) is 0 Å². The van der Waals surface area contributed by atoms with Gasteiger partial charge >= 0.3 is 0 Å². The summed E-state index contributed by atoms with van der Waals surface area (Å²) >= 11 is 13.0. The minimum atomic E-state index is 0.0451. The van der Waals surface area contributed by atoms with Gasteiger partial charge in [-0.25, -0.2) is 0 Å². The van der Waals surface area contributed by atoms with E-state index in [1.807, 2.05) is 44.3 Å². The number of ether oxygens (including phenoxy) is 1. The van der Waals surface area contributed by atoms with Gasteiger partial charge < -0.3 is 14.2 Å². The Morgan fingerprint density at radius 2 is 1.95 bits per heavy atom. The van der Waals surface area contributed by atoms with Gasteiger partial charge in [0, 0.05) is 42.5 Å². The average Bonchev–Trinajstić information content (AvgIpc) is 3.68. The number of halogens is 2. The summed E-state index contributed by atoms with van der Waals surface area (Å²) in [5.74, 6) is 1.27. The number of likely N-dealkylation sites (N-methyl/N-ethyl adjacent to an activating group) is 1. The van der Waals surface area contributed by atoms with Gasteiger partial charge in [0.1, 0.15) is 11.5 Å². The molecule has 0 bridgehead atoms. The molecule has 0 radical (unpaired) electrons. The molecule has 2 aromatic rings. The summed E-state index contributed by atoms with van der Waals surface area (Å²) in [4.78, 5) is 6.64. The molecule has 1 aliphatic carbocycles. The Balaban J connectivity index is 1.73. The summed E-state index contributed by atoms with van der Waals surface area (Å²) in [6.45, 7) is 16.9. The molecule has 1 aromatic carbocycles. The van der Waals surface area contributed by atoms with Gasteiger partial charge in [0.05, 0.1) is 28.5 Å². The molecule has 1 saturated carbocycles. The van der Waals surface area contributed by atoms with Gasteiger partial charge in [0.25, 0.3) is 0 Å². The SMILES string of the molecule is C=C\C=N/C(/C=C(\C=C)N(C)CCC(CC)OCc1c(-c2c(Cl)cccc2Cl)noc1C1CC1)=C(\C)C=C. The molecule has 0 saturated heterocycles. The second-order valence-electron chi connectivity index (χ2n) is 9.36. The smallest absolute Gasteiger partial charge is 0.145 e. The number of aliphatic imine (C=N–C) groups is 1. The van der Waals surface area contributed by atoms with Crippen LogP contribution >= 0.6 is 23.2 Å². The van der Waals surface area contributed by atoms with E-state index in [0.29, 0.717) is 33.8 Å². The zero-order valence-electron chi connectivity index (χ0n) is 22.6. The number of aromatic nitrogens is 1. The number of rotatable bonds is 15. The Labute approximate surface area is 236 Å². The van der Waals surface area contributed by atoms with E-state index in [1.54, 1.807) is 18.4 Å². The highest BCUT2D eigenvalue weighted by atomic mass is 35.5. The van der Waals surface area contributed by atoms with Crippen molar-refractivity contribution in [2.75, 3.05) is 13.6 Å². The van der Waals surface area contributed by atoms with Crippen molar-refractivity contribution < 1.29 is 9.26 Å². The summed E-state index contributed by atoms with van der Waals surface area (Å²) in [5, 5.41) is 5.46. The van der Waals surface area contributed by atoms with E-state index in [2.05, 4.69) is 41.7 Å². The van der Waals surface area contributed by atoms with E-state index >= 15 is 0 Å². The maximum atomic E-state index is 6.50. The topological polar surface area (TPSA) is 50.9 Å². The van der Waals surface area contributed by atoms with Crippen LogP contribution in [0.1, 0.15) is 56.8 Å². The molecule has 1 aromatic heterocycles. The van der Waals surface area contributed by atoms with Gasteiger partial charge in [-0.05, 0) is 62.5 Å².